The molecule has 0 radical (unpaired) electrons. The summed E-state index contributed by atoms with van der Waals surface area (Å²) in [4.78, 5) is 11.4. The minimum Gasteiger partial charge on any atom is -0.455 e. The van der Waals surface area contributed by atoms with E-state index in [1.54, 1.807) is 0 Å². The van der Waals surface area contributed by atoms with Gasteiger partial charge >= 0.3 is 5.97 Å². The quantitative estimate of drug-likeness (QED) is 0.428. The Hall–Kier alpha value is -0.440. The fourth-order valence-corrected chi connectivity index (χ4v) is 2.06. The Kier molecular flexibility index (Phi) is 1.10. The van der Waals surface area contributed by atoms with Crippen molar-refractivity contribution in [2.45, 2.75) is 24.8 Å². The van der Waals surface area contributed by atoms with Gasteiger partial charge in [-0.25, -0.2) is 4.79 Å². The second-order valence-corrected chi connectivity index (χ2v) is 3.83. The predicted molar refractivity (Wildman–Crippen MR) is 49.1 cm³/mol. The Morgan fingerprint density at radius 2 is 2.25 bits per heavy atom. The lowest BCUT2D eigenvalue weighted by Crippen LogP contribution is -2.32. The zero-order valence-corrected chi connectivity index (χ0v) is 7.37. The van der Waals surface area contributed by atoms with Crippen LogP contribution in [-0.2, 0) is 9.53 Å². The largest absolute Gasteiger partial charge is 0.455 e. The Labute approximate surface area is 82.0 Å². The number of rotatable bonds is 0. The van der Waals surface area contributed by atoms with E-state index in [-0.39, 0.29) is 23.5 Å². The van der Waals surface area contributed by atoms with Crippen LogP contribution in [0, 0.1) is 0 Å². The van der Waals surface area contributed by atoms with Crippen molar-refractivity contribution in [2.75, 3.05) is 11.5 Å². The summed E-state index contributed by atoms with van der Waals surface area (Å²) >= 11 is 1.20. The molecule has 2 nitrogen and oxygen atoms in total. The van der Waals surface area contributed by atoms with E-state index >= 15 is 0 Å². The lowest BCUT2D eigenvalue weighted by Gasteiger charge is -2.30. The van der Waals surface area contributed by atoms with E-state index in [0.29, 0.717) is 0 Å². The fraction of sp³-hybridized carbons (Fsp3) is 0.667. The first-order valence-corrected chi connectivity index (χ1v) is 4.86. The van der Waals surface area contributed by atoms with Crippen LogP contribution in [0.3, 0.4) is 0 Å². The molecule has 0 aromatic heterocycles. The molecule has 3 heteroatoms. The lowest BCUT2D eigenvalue weighted by atomic mass is 9.92. The molecule has 0 unspecified atom stereocenters. The first kappa shape index (κ1) is 4.70. The molecule has 66 valence electrons. The van der Waals surface area contributed by atoms with Crippen molar-refractivity contribution in [2.24, 2.45) is 0 Å². The monoisotopic (exact) mass is 188 g/mol. The molecule has 0 atom stereocenters. The molecular weight excluding hydrogens is 172 g/mol. The number of ether oxygens (including phenoxy) is 1. The van der Waals surface area contributed by atoms with Gasteiger partial charge < -0.3 is 4.74 Å². The van der Waals surface area contributed by atoms with Crippen LogP contribution >= 0.6 is 11.8 Å². The standard InChI is InChI=1S/C9H12O2S/c1-7-6-9(11-8(7)10)2-4-12-5-3-9/h1-6H2/i2D2,3D2. The predicted octanol–water partition coefficient (Wildman–Crippen LogP) is 1.76. The van der Waals surface area contributed by atoms with Gasteiger partial charge in [0.05, 0.1) is 0 Å². The summed E-state index contributed by atoms with van der Waals surface area (Å²) in [6, 6.07) is 0. The molecule has 0 aromatic carbocycles. The van der Waals surface area contributed by atoms with Crippen molar-refractivity contribution in [3.8, 4) is 0 Å². The van der Waals surface area contributed by atoms with Gasteiger partial charge in [0.25, 0.3) is 0 Å². The van der Waals surface area contributed by atoms with Crippen LogP contribution in [0.5, 0.6) is 0 Å². The zero-order chi connectivity index (χ0) is 12.2. The molecule has 1 spiro atoms. The molecule has 12 heavy (non-hydrogen) atoms. The van der Waals surface area contributed by atoms with E-state index in [9.17, 15) is 4.79 Å². The summed E-state index contributed by atoms with van der Waals surface area (Å²) in [6.45, 7) is 3.50. The summed E-state index contributed by atoms with van der Waals surface area (Å²) in [5.74, 6) is -0.417. The van der Waals surface area contributed by atoms with E-state index in [1.807, 2.05) is 0 Å². The molecule has 2 fully saturated rings. The SMILES string of the molecule is [2H]C1([2H])CSCC([2H])([2H])C12CC(=C)C(=O)O2. The Morgan fingerprint density at radius 1 is 1.58 bits per heavy atom. The summed E-state index contributed by atoms with van der Waals surface area (Å²) in [5, 5.41) is 0. The van der Waals surface area contributed by atoms with E-state index in [1.165, 1.54) is 11.8 Å². The van der Waals surface area contributed by atoms with E-state index in [2.05, 4.69) is 6.58 Å². The smallest absolute Gasteiger partial charge is 0.334 e. The van der Waals surface area contributed by atoms with Crippen molar-refractivity contribution >= 4 is 17.7 Å². The van der Waals surface area contributed by atoms with Crippen molar-refractivity contribution in [3.05, 3.63) is 12.2 Å². The van der Waals surface area contributed by atoms with Gasteiger partial charge in [-0.3, -0.25) is 0 Å². The second kappa shape index (κ2) is 2.80. The van der Waals surface area contributed by atoms with E-state index in [4.69, 9.17) is 10.2 Å². The highest BCUT2D eigenvalue weighted by Gasteiger charge is 2.43. The Bertz CT molecular complexity index is 333. The van der Waals surface area contributed by atoms with Crippen molar-refractivity contribution in [3.63, 3.8) is 0 Å². The third-order valence-electron chi connectivity index (χ3n) is 1.94. The number of esters is 1. The van der Waals surface area contributed by atoms with Crippen LogP contribution in [0.1, 0.15) is 24.6 Å². The summed E-state index contributed by atoms with van der Waals surface area (Å²) in [5.41, 5.74) is -1.54. The summed E-state index contributed by atoms with van der Waals surface area (Å²) < 4.78 is 36.6. The highest BCUT2D eigenvalue weighted by molar-refractivity contribution is 7.99. The number of hydrogen-bond donors (Lipinski definition) is 0. The van der Waals surface area contributed by atoms with Gasteiger partial charge in [0.2, 0.25) is 0 Å². The van der Waals surface area contributed by atoms with Crippen LogP contribution in [0.15, 0.2) is 12.2 Å². The molecule has 0 amide bonds. The number of hydrogen-bond acceptors (Lipinski definition) is 3. The first-order valence-electron chi connectivity index (χ1n) is 5.71. The molecule has 2 heterocycles. The van der Waals surface area contributed by atoms with Crippen LogP contribution < -0.4 is 0 Å². The summed E-state index contributed by atoms with van der Waals surface area (Å²) in [6.07, 6.45) is -3.80. The number of carbonyl (C=O) groups is 1. The molecule has 2 rings (SSSR count). The molecule has 0 saturated carbocycles. The maximum absolute atomic E-state index is 11.4. The van der Waals surface area contributed by atoms with Gasteiger partial charge in [0.1, 0.15) is 5.60 Å². The van der Waals surface area contributed by atoms with Gasteiger partial charge in [-0.05, 0) is 24.3 Å². The molecule has 2 saturated heterocycles. The number of thioether (sulfide) groups is 1. The van der Waals surface area contributed by atoms with Crippen LogP contribution in [0.4, 0.5) is 0 Å². The maximum atomic E-state index is 11.4. The minimum atomic E-state index is -1.87. The molecule has 0 aliphatic carbocycles. The van der Waals surface area contributed by atoms with Gasteiger partial charge in [0.15, 0.2) is 0 Å². The molecule has 2 aliphatic heterocycles. The fourth-order valence-electron chi connectivity index (χ4n) is 1.29. The maximum Gasteiger partial charge on any atom is 0.334 e. The lowest BCUT2D eigenvalue weighted by molar-refractivity contribution is -0.146. The topological polar surface area (TPSA) is 26.3 Å². The van der Waals surface area contributed by atoms with Gasteiger partial charge in [-0.15, -0.1) is 0 Å². The van der Waals surface area contributed by atoms with Gasteiger partial charge in [-0.1, -0.05) is 6.58 Å². The normalized spacial score (nSPS) is 41.0. The molecule has 2 aliphatic rings. The highest BCUT2D eigenvalue weighted by Crippen LogP contribution is 2.40. The van der Waals surface area contributed by atoms with Crippen LogP contribution in [0.25, 0.3) is 0 Å². The third-order valence-corrected chi connectivity index (χ3v) is 2.63. The number of carbonyl (C=O) groups excluding carboxylic acids is 1. The molecular formula is C9H12O2S. The molecule has 0 aromatic rings. The average Bonchev–Trinajstić information content (AvgIpc) is 2.42. The Balaban J connectivity index is 2.48. The molecule has 0 N–H and O–H groups in total. The zero-order valence-electron chi connectivity index (χ0n) is 10.6. The molecule has 0 bridgehead atoms. The highest BCUT2D eigenvalue weighted by atomic mass is 32.2. The minimum absolute atomic E-state index is 0.0631. The van der Waals surface area contributed by atoms with Crippen molar-refractivity contribution in [1.82, 2.24) is 0 Å². The van der Waals surface area contributed by atoms with Crippen molar-refractivity contribution < 1.29 is 15.0 Å². The average molecular weight is 188 g/mol. The van der Waals surface area contributed by atoms with Crippen molar-refractivity contribution in [1.29, 1.82) is 0 Å². The van der Waals surface area contributed by atoms with E-state index in [0.717, 1.165) is 0 Å². The second-order valence-electron chi connectivity index (χ2n) is 2.84. The van der Waals surface area contributed by atoms with Gasteiger partial charge in [-0.2, -0.15) is 11.8 Å². The van der Waals surface area contributed by atoms with Crippen LogP contribution in [0.2, 0.25) is 0 Å². The Morgan fingerprint density at radius 3 is 2.75 bits per heavy atom. The van der Waals surface area contributed by atoms with E-state index < -0.39 is 24.3 Å². The first-order chi connectivity index (χ1) is 7.22. The third kappa shape index (κ3) is 1.26. The van der Waals surface area contributed by atoms with Gasteiger partial charge in [0, 0.05) is 17.5 Å². The van der Waals surface area contributed by atoms with Crippen LogP contribution in [-0.4, -0.2) is 23.1 Å². The summed E-state index contributed by atoms with van der Waals surface area (Å²) in [7, 11) is 0.